The number of rotatable bonds is 5. The molecule has 3 aliphatic rings. The Morgan fingerprint density at radius 2 is 1.68 bits per heavy atom. The number of hydrogen-bond donors (Lipinski definition) is 0. The van der Waals surface area contributed by atoms with E-state index in [1.54, 1.807) is 10.9 Å². The van der Waals surface area contributed by atoms with Crippen molar-refractivity contribution in [2.24, 2.45) is 0 Å². The molecule has 1 aromatic rings. The SMILES string of the molecule is CS(=O)(=O)N1CCN(c2cnn(C3CCCCC3)c(=O)c2OC2CCC2)CC1. The lowest BCUT2D eigenvalue weighted by Crippen LogP contribution is -2.49. The van der Waals surface area contributed by atoms with Crippen LogP contribution in [0.5, 0.6) is 5.75 Å². The summed E-state index contributed by atoms with van der Waals surface area (Å²) in [6, 6.07) is 0.154. The Bertz CT molecular complexity index is 851. The molecule has 4 rings (SSSR count). The smallest absolute Gasteiger partial charge is 0.311 e. The van der Waals surface area contributed by atoms with Gasteiger partial charge in [-0.1, -0.05) is 19.3 Å². The highest BCUT2D eigenvalue weighted by molar-refractivity contribution is 7.88. The van der Waals surface area contributed by atoms with Gasteiger partial charge in [-0.25, -0.2) is 13.1 Å². The summed E-state index contributed by atoms with van der Waals surface area (Å²) in [5, 5.41) is 4.51. The van der Waals surface area contributed by atoms with Gasteiger partial charge in [0.15, 0.2) is 0 Å². The van der Waals surface area contributed by atoms with Crippen LogP contribution in [0.3, 0.4) is 0 Å². The molecule has 1 saturated heterocycles. The molecule has 0 N–H and O–H groups in total. The number of sulfonamides is 1. The first kappa shape index (κ1) is 19.7. The molecule has 28 heavy (non-hydrogen) atoms. The second-order valence-corrected chi connectivity index (χ2v) is 10.2. The summed E-state index contributed by atoms with van der Waals surface area (Å²) in [4.78, 5) is 15.3. The second kappa shape index (κ2) is 8.02. The summed E-state index contributed by atoms with van der Waals surface area (Å²) in [6.07, 6.45) is 11.6. The van der Waals surface area contributed by atoms with Crippen LogP contribution in [0, 0.1) is 0 Å². The lowest BCUT2D eigenvalue weighted by molar-refractivity contribution is 0.116. The zero-order chi connectivity index (χ0) is 19.7. The largest absolute Gasteiger partial charge is 0.483 e. The van der Waals surface area contributed by atoms with Crippen LogP contribution in [0.2, 0.25) is 0 Å². The van der Waals surface area contributed by atoms with Crippen LogP contribution in [-0.4, -0.2) is 61.0 Å². The molecule has 0 atom stereocenters. The van der Waals surface area contributed by atoms with E-state index in [1.807, 2.05) is 4.90 Å². The van der Waals surface area contributed by atoms with Gasteiger partial charge in [-0.05, 0) is 32.1 Å². The van der Waals surface area contributed by atoms with Crippen LogP contribution in [0.15, 0.2) is 11.0 Å². The van der Waals surface area contributed by atoms with Crippen molar-refractivity contribution >= 4 is 15.7 Å². The molecule has 156 valence electrons. The predicted molar refractivity (Wildman–Crippen MR) is 108 cm³/mol. The second-order valence-electron chi connectivity index (χ2n) is 8.22. The number of aromatic nitrogens is 2. The minimum atomic E-state index is -3.19. The zero-order valence-corrected chi connectivity index (χ0v) is 17.4. The summed E-state index contributed by atoms with van der Waals surface area (Å²) >= 11 is 0. The van der Waals surface area contributed by atoms with Gasteiger partial charge in [-0.15, -0.1) is 0 Å². The van der Waals surface area contributed by atoms with Crippen molar-refractivity contribution in [3.8, 4) is 5.75 Å². The van der Waals surface area contributed by atoms with Gasteiger partial charge >= 0.3 is 5.56 Å². The van der Waals surface area contributed by atoms with E-state index in [4.69, 9.17) is 4.74 Å². The van der Waals surface area contributed by atoms with Crippen LogP contribution in [0.1, 0.15) is 57.4 Å². The number of hydrogen-bond acceptors (Lipinski definition) is 6. The lowest BCUT2D eigenvalue weighted by Gasteiger charge is -2.36. The number of nitrogens with zero attached hydrogens (tertiary/aromatic N) is 4. The van der Waals surface area contributed by atoms with E-state index in [2.05, 4.69) is 5.10 Å². The molecule has 2 heterocycles. The fourth-order valence-corrected chi connectivity index (χ4v) is 5.11. The van der Waals surface area contributed by atoms with E-state index >= 15 is 0 Å². The van der Waals surface area contributed by atoms with Gasteiger partial charge in [-0.2, -0.15) is 9.40 Å². The summed E-state index contributed by atoms with van der Waals surface area (Å²) in [5.74, 6) is 0.401. The third-order valence-electron chi connectivity index (χ3n) is 6.25. The standard InChI is InChI=1S/C19H30N4O4S/c1-28(25,26)22-12-10-21(11-13-22)17-14-20-23(15-6-3-2-4-7-15)19(24)18(17)27-16-8-5-9-16/h14-16H,2-13H2,1H3. The van der Waals surface area contributed by atoms with Crippen molar-refractivity contribution in [3.05, 3.63) is 16.6 Å². The maximum Gasteiger partial charge on any atom is 0.311 e. The topological polar surface area (TPSA) is 84.7 Å². The molecular weight excluding hydrogens is 380 g/mol. The highest BCUT2D eigenvalue weighted by Gasteiger charge is 2.30. The maximum absolute atomic E-state index is 13.3. The molecule has 9 heteroatoms. The molecule has 1 aromatic heterocycles. The third kappa shape index (κ3) is 4.05. The van der Waals surface area contributed by atoms with Crippen molar-refractivity contribution < 1.29 is 13.2 Å². The Kier molecular flexibility index (Phi) is 5.64. The fraction of sp³-hybridized carbons (Fsp3) is 0.789. The molecule has 0 bridgehead atoms. The summed E-state index contributed by atoms with van der Waals surface area (Å²) in [6.45, 7) is 1.88. The Labute approximate surface area is 166 Å². The number of piperazine rings is 1. The average molecular weight is 411 g/mol. The van der Waals surface area contributed by atoms with E-state index in [0.717, 1.165) is 44.9 Å². The minimum Gasteiger partial charge on any atom is -0.483 e. The molecule has 0 unspecified atom stereocenters. The third-order valence-corrected chi connectivity index (χ3v) is 7.55. The summed E-state index contributed by atoms with van der Waals surface area (Å²) in [7, 11) is -3.19. The molecule has 1 aliphatic heterocycles. The normalized spacial score (nSPS) is 22.8. The maximum atomic E-state index is 13.3. The van der Waals surface area contributed by atoms with Crippen molar-refractivity contribution in [2.75, 3.05) is 37.3 Å². The lowest BCUT2D eigenvalue weighted by atomic mass is 9.95. The first-order valence-corrected chi connectivity index (χ1v) is 12.3. The van der Waals surface area contributed by atoms with Gasteiger partial charge < -0.3 is 9.64 Å². The van der Waals surface area contributed by atoms with E-state index < -0.39 is 10.0 Å². The van der Waals surface area contributed by atoms with E-state index in [0.29, 0.717) is 37.6 Å². The first-order valence-electron chi connectivity index (χ1n) is 10.4. The molecule has 8 nitrogen and oxygen atoms in total. The Hall–Kier alpha value is -1.61. The molecule has 0 spiro atoms. The average Bonchev–Trinajstić information content (AvgIpc) is 2.65. The highest BCUT2D eigenvalue weighted by Crippen LogP contribution is 2.32. The van der Waals surface area contributed by atoms with E-state index in [-0.39, 0.29) is 17.7 Å². The summed E-state index contributed by atoms with van der Waals surface area (Å²) < 4.78 is 32.8. The molecule has 0 amide bonds. The quantitative estimate of drug-likeness (QED) is 0.735. The molecule has 0 radical (unpaired) electrons. The van der Waals surface area contributed by atoms with Crippen LogP contribution in [-0.2, 0) is 10.0 Å². The van der Waals surface area contributed by atoms with Crippen LogP contribution in [0.4, 0.5) is 5.69 Å². The Morgan fingerprint density at radius 1 is 1.00 bits per heavy atom. The molecule has 0 aromatic carbocycles. The molecule has 2 saturated carbocycles. The number of anilines is 1. The number of ether oxygens (including phenoxy) is 1. The van der Waals surface area contributed by atoms with Gasteiger partial charge in [0.05, 0.1) is 24.6 Å². The zero-order valence-electron chi connectivity index (χ0n) is 16.5. The predicted octanol–water partition coefficient (Wildman–Crippen LogP) is 1.76. The van der Waals surface area contributed by atoms with Crippen LogP contribution < -0.4 is 15.2 Å². The summed E-state index contributed by atoms with van der Waals surface area (Å²) in [5.41, 5.74) is 0.568. The first-order chi connectivity index (χ1) is 13.4. The van der Waals surface area contributed by atoms with Crippen molar-refractivity contribution in [3.63, 3.8) is 0 Å². The van der Waals surface area contributed by atoms with Crippen molar-refractivity contribution in [2.45, 2.75) is 63.5 Å². The van der Waals surface area contributed by atoms with Crippen molar-refractivity contribution in [1.29, 1.82) is 0 Å². The fourth-order valence-electron chi connectivity index (χ4n) is 4.28. The van der Waals surface area contributed by atoms with Gasteiger partial charge in [0.1, 0.15) is 5.69 Å². The Balaban J connectivity index is 1.61. The van der Waals surface area contributed by atoms with E-state index in [9.17, 15) is 13.2 Å². The minimum absolute atomic E-state index is 0.103. The van der Waals surface area contributed by atoms with Gasteiger partial charge in [0.25, 0.3) is 0 Å². The van der Waals surface area contributed by atoms with Gasteiger partial charge in [-0.3, -0.25) is 4.79 Å². The Morgan fingerprint density at radius 3 is 2.25 bits per heavy atom. The molecule has 3 fully saturated rings. The van der Waals surface area contributed by atoms with Crippen molar-refractivity contribution in [1.82, 2.24) is 14.1 Å². The highest BCUT2D eigenvalue weighted by atomic mass is 32.2. The van der Waals surface area contributed by atoms with Gasteiger partial charge in [0.2, 0.25) is 15.8 Å². The molecular formula is C19H30N4O4S. The van der Waals surface area contributed by atoms with Crippen LogP contribution >= 0.6 is 0 Å². The monoisotopic (exact) mass is 410 g/mol. The van der Waals surface area contributed by atoms with Gasteiger partial charge in [0, 0.05) is 26.2 Å². The van der Waals surface area contributed by atoms with E-state index in [1.165, 1.54) is 17.0 Å². The van der Waals surface area contributed by atoms with Crippen LogP contribution in [0.25, 0.3) is 0 Å². The molecule has 2 aliphatic carbocycles.